The lowest BCUT2D eigenvalue weighted by atomic mass is 10.1. The summed E-state index contributed by atoms with van der Waals surface area (Å²) in [6.45, 7) is 2.61. The van der Waals surface area contributed by atoms with Crippen LogP contribution in [0.2, 0.25) is 5.02 Å². The van der Waals surface area contributed by atoms with Gasteiger partial charge in [0.1, 0.15) is 13.2 Å². The van der Waals surface area contributed by atoms with Crippen molar-refractivity contribution in [2.45, 2.75) is 24.3 Å². The smallest absolute Gasteiger partial charge is 0.221 e. The van der Waals surface area contributed by atoms with Crippen LogP contribution in [0.4, 0.5) is 0 Å². The van der Waals surface area contributed by atoms with Gasteiger partial charge in [-0.15, -0.1) is 0 Å². The standard InChI is InChI=1S/C19H20ClNO5S/c1-13(15-4-2-3-5-16(15)20)21-19(22)8-11-27(23,24)14-6-7-17-18(12-14)26-10-9-25-17/h2-7,12-13H,8-11H2,1H3,(H,21,22). The van der Waals surface area contributed by atoms with E-state index in [-0.39, 0.29) is 29.0 Å². The van der Waals surface area contributed by atoms with Crippen molar-refractivity contribution in [3.63, 3.8) is 0 Å². The van der Waals surface area contributed by atoms with Crippen LogP contribution in [0.1, 0.15) is 24.9 Å². The summed E-state index contributed by atoms with van der Waals surface area (Å²) >= 11 is 6.12. The Morgan fingerprint density at radius 2 is 1.85 bits per heavy atom. The predicted octanol–water partition coefficient (Wildman–Crippen LogP) is 3.15. The highest BCUT2D eigenvalue weighted by atomic mass is 35.5. The summed E-state index contributed by atoms with van der Waals surface area (Å²) in [5.74, 6) is 0.266. The van der Waals surface area contributed by atoms with Crippen molar-refractivity contribution >= 4 is 27.3 Å². The molecule has 0 fully saturated rings. The number of hydrogen-bond acceptors (Lipinski definition) is 5. The van der Waals surface area contributed by atoms with Gasteiger partial charge in [0.15, 0.2) is 21.3 Å². The first-order valence-corrected chi connectivity index (χ1v) is 10.6. The maximum Gasteiger partial charge on any atom is 0.221 e. The van der Waals surface area contributed by atoms with E-state index in [1.807, 2.05) is 12.1 Å². The van der Waals surface area contributed by atoms with Crippen LogP contribution in [-0.2, 0) is 14.6 Å². The number of fused-ring (bicyclic) bond motifs is 1. The molecule has 0 bridgehead atoms. The van der Waals surface area contributed by atoms with E-state index >= 15 is 0 Å². The number of carbonyl (C=O) groups is 1. The van der Waals surface area contributed by atoms with E-state index < -0.39 is 9.84 Å². The Labute approximate surface area is 163 Å². The Morgan fingerprint density at radius 3 is 2.59 bits per heavy atom. The molecule has 1 unspecified atom stereocenters. The fourth-order valence-electron chi connectivity index (χ4n) is 2.78. The number of amides is 1. The normalized spacial score (nSPS) is 14.4. The molecule has 0 spiro atoms. The molecule has 0 radical (unpaired) electrons. The number of halogens is 1. The molecule has 1 atom stereocenters. The van der Waals surface area contributed by atoms with Crippen LogP contribution in [0.25, 0.3) is 0 Å². The second-order valence-corrected chi connectivity index (χ2v) is 8.70. The molecule has 1 heterocycles. The van der Waals surface area contributed by atoms with Crippen LogP contribution in [0.5, 0.6) is 11.5 Å². The second kappa shape index (κ2) is 8.19. The summed E-state index contributed by atoms with van der Waals surface area (Å²) in [4.78, 5) is 12.3. The first kappa shape index (κ1) is 19.5. The third-order valence-electron chi connectivity index (χ3n) is 4.22. The van der Waals surface area contributed by atoms with Gasteiger partial charge in [-0.05, 0) is 30.7 Å². The van der Waals surface area contributed by atoms with Gasteiger partial charge in [0.25, 0.3) is 0 Å². The minimum Gasteiger partial charge on any atom is -0.486 e. The summed E-state index contributed by atoms with van der Waals surface area (Å²) in [6, 6.07) is 11.4. The van der Waals surface area contributed by atoms with E-state index in [4.69, 9.17) is 21.1 Å². The Hall–Kier alpha value is -2.25. The van der Waals surface area contributed by atoms with Gasteiger partial charge in [-0.25, -0.2) is 8.42 Å². The first-order valence-electron chi connectivity index (χ1n) is 8.53. The second-order valence-electron chi connectivity index (χ2n) is 6.19. The summed E-state index contributed by atoms with van der Waals surface area (Å²) in [5.41, 5.74) is 0.780. The molecule has 2 aromatic carbocycles. The monoisotopic (exact) mass is 409 g/mol. The average molecular weight is 410 g/mol. The maximum atomic E-state index is 12.5. The Balaban J connectivity index is 1.61. The van der Waals surface area contributed by atoms with Crippen LogP contribution >= 0.6 is 11.6 Å². The lowest BCUT2D eigenvalue weighted by Gasteiger charge is -2.19. The zero-order valence-electron chi connectivity index (χ0n) is 14.8. The number of ether oxygens (including phenoxy) is 2. The molecule has 3 rings (SSSR count). The predicted molar refractivity (Wildman–Crippen MR) is 102 cm³/mol. The van der Waals surface area contributed by atoms with Crippen LogP contribution in [-0.4, -0.2) is 33.3 Å². The number of hydrogen-bond donors (Lipinski definition) is 1. The Morgan fingerprint density at radius 1 is 1.15 bits per heavy atom. The van der Waals surface area contributed by atoms with E-state index in [9.17, 15) is 13.2 Å². The van der Waals surface area contributed by atoms with Crippen molar-refractivity contribution in [2.24, 2.45) is 0 Å². The zero-order chi connectivity index (χ0) is 19.4. The molecule has 1 aliphatic rings. The molecule has 1 aliphatic heterocycles. The summed E-state index contributed by atoms with van der Waals surface area (Å²) in [6.07, 6.45) is -0.147. The third kappa shape index (κ3) is 4.73. The van der Waals surface area contributed by atoms with Crippen molar-refractivity contribution in [3.8, 4) is 11.5 Å². The van der Waals surface area contributed by atoms with Gasteiger partial charge in [-0.2, -0.15) is 0 Å². The summed E-state index contributed by atoms with van der Waals surface area (Å²) < 4.78 is 35.9. The first-order chi connectivity index (χ1) is 12.9. The lowest BCUT2D eigenvalue weighted by molar-refractivity contribution is -0.121. The Kier molecular flexibility index (Phi) is 5.92. The zero-order valence-corrected chi connectivity index (χ0v) is 16.3. The molecule has 8 heteroatoms. The van der Waals surface area contributed by atoms with Gasteiger partial charge in [-0.3, -0.25) is 4.79 Å². The van der Waals surface area contributed by atoms with Crippen LogP contribution in [0, 0.1) is 0 Å². The van der Waals surface area contributed by atoms with Crippen molar-refractivity contribution in [2.75, 3.05) is 19.0 Å². The average Bonchev–Trinajstić information content (AvgIpc) is 2.66. The molecule has 1 amide bonds. The molecule has 0 saturated carbocycles. The van der Waals surface area contributed by atoms with Gasteiger partial charge in [0.2, 0.25) is 5.91 Å². The molecule has 1 N–H and O–H groups in total. The van der Waals surface area contributed by atoms with E-state index in [2.05, 4.69) is 5.32 Å². The number of rotatable bonds is 6. The molecule has 2 aromatic rings. The van der Waals surface area contributed by atoms with Crippen molar-refractivity contribution in [3.05, 3.63) is 53.1 Å². The van der Waals surface area contributed by atoms with Crippen LogP contribution < -0.4 is 14.8 Å². The number of nitrogens with one attached hydrogen (secondary N) is 1. The molecule has 144 valence electrons. The van der Waals surface area contributed by atoms with Crippen LogP contribution in [0.3, 0.4) is 0 Å². The third-order valence-corrected chi connectivity index (χ3v) is 6.28. The number of benzene rings is 2. The molecular weight excluding hydrogens is 390 g/mol. The van der Waals surface area contributed by atoms with Crippen molar-refractivity contribution in [1.29, 1.82) is 0 Å². The molecule has 0 aromatic heterocycles. The summed E-state index contributed by atoms with van der Waals surface area (Å²) in [5, 5.41) is 3.33. The fourth-order valence-corrected chi connectivity index (χ4v) is 4.33. The Bertz CT molecular complexity index is 945. The van der Waals surface area contributed by atoms with Gasteiger partial charge >= 0.3 is 0 Å². The highest BCUT2D eigenvalue weighted by Crippen LogP contribution is 2.32. The lowest BCUT2D eigenvalue weighted by Crippen LogP contribution is -2.28. The van der Waals surface area contributed by atoms with Gasteiger partial charge in [0, 0.05) is 17.5 Å². The maximum absolute atomic E-state index is 12.5. The summed E-state index contributed by atoms with van der Waals surface area (Å²) in [7, 11) is -3.62. The SMILES string of the molecule is CC(NC(=O)CCS(=O)(=O)c1ccc2c(c1)OCCO2)c1ccccc1Cl. The molecule has 0 aliphatic carbocycles. The van der Waals surface area contributed by atoms with E-state index in [1.54, 1.807) is 25.1 Å². The van der Waals surface area contributed by atoms with E-state index in [0.717, 1.165) is 5.56 Å². The minimum atomic E-state index is -3.62. The van der Waals surface area contributed by atoms with Crippen LogP contribution in [0.15, 0.2) is 47.4 Å². The number of carbonyl (C=O) groups excluding carboxylic acids is 1. The highest BCUT2D eigenvalue weighted by Gasteiger charge is 2.21. The van der Waals surface area contributed by atoms with Gasteiger partial charge in [-0.1, -0.05) is 29.8 Å². The van der Waals surface area contributed by atoms with E-state index in [0.29, 0.717) is 29.7 Å². The highest BCUT2D eigenvalue weighted by molar-refractivity contribution is 7.91. The van der Waals surface area contributed by atoms with Crippen molar-refractivity contribution < 1.29 is 22.7 Å². The van der Waals surface area contributed by atoms with Crippen molar-refractivity contribution in [1.82, 2.24) is 5.32 Å². The number of sulfone groups is 1. The molecule has 6 nitrogen and oxygen atoms in total. The molecule has 27 heavy (non-hydrogen) atoms. The minimum absolute atomic E-state index is 0.110. The van der Waals surface area contributed by atoms with Gasteiger partial charge in [0.05, 0.1) is 16.7 Å². The van der Waals surface area contributed by atoms with Gasteiger partial charge < -0.3 is 14.8 Å². The fraction of sp³-hybridized carbons (Fsp3) is 0.316. The molecule has 0 saturated heterocycles. The topological polar surface area (TPSA) is 81.7 Å². The molecular formula is C19H20ClNO5S. The van der Waals surface area contributed by atoms with E-state index in [1.165, 1.54) is 12.1 Å². The largest absolute Gasteiger partial charge is 0.486 e. The quantitative estimate of drug-likeness (QED) is 0.792.